The molecule has 1 amide bonds. The van der Waals surface area contributed by atoms with Crippen molar-refractivity contribution >= 4 is 23.9 Å². The third kappa shape index (κ3) is 5.24. The van der Waals surface area contributed by atoms with Gasteiger partial charge >= 0.3 is 12.2 Å². The molecule has 0 spiro atoms. The standard InChI is InChI=1S/C14H22N4O5/c1-18-7-5-14(23-2,6-8-18)13(22)17-11(12(20)21)4-3-10(19)9-16-15/h9,11H,3-8H2,1-2H3,(H,17,22)(H,20,21)/t11-/m0/s1. The number of nitrogens with zero attached hydrogens (tertiary/aromatic N) is 3. The van der Waals surface area contributed by atoms with Gasteiger partial charge in [-0.15, -0.1) is 0 Å². The molecule has 9 heteroatoms. The molecule has 0 aromatic heterocycles. The van der Waals surface area contributed by atoms with Gasteiger partial charge in [0.1, 0.15) is 11.6 Å². The molecule has 0 radical (unpaired) electrons. The fourth-order valence-corrected chi connectivity index (χ4v) is 2.47. The van der Waals surface area contributed by atoms with Crippen molar-refractivity contribution in [1.82, 2.24) is 10.2 Å². The van der Waals surface area contributed by atoms with Crippen LogP contribution in [0.2, 0.25) is 0 Å². The summed E-state index contributed by atoms with van der Waals surface area (Å²) in [5, 5.41) is 11.7. The summed E-state index contributed by atoms with van der Waals surface area (Å²) in [5.74, 6) is -2.23. The second kappa shape index (κ2) is 8.52. The van der Waals surface area contributed by atoms with Crippen LogP contribution in [0.1, 0.15) is 25.7 Å². The third-order valence-electron chi connectivity index (χ3n) is 4.08. The van der Waals surface area contributed by atoms with Crippen LogP contribution in [0.15, 0.2) is 0 Å². The lowest BCUT2D eigenvalue weighted by Crippen LogP contribution is -2.57. The largest absolute Gasteiger partial charge is 0.480 e. The summed E-state index contributed by atoms with van der Waals surface area (Å²) in [4.78, 5) is 39.7. The summed E-state index contributed by atoms with van der Waals surface area (Å²) in [6, 6.07) is -1.20. The second-order valence-corrected chi connectivity index (χ2v) is 5.62. The Morgan fingerprint density at radius 3 is 2.52 bits per heavy atom. The maximum Gasteiger partial charge on any atom is 0.326 e. The highest BCUT2D eigenvalue weighted by Gasteiger charge is 2.42. The zero-order chi connectivity index (χ0) is 17.5. The summed E-state index contributed by atoms with van der Waals surface area (Å²) < 4.78 is 5.38. The van der Waals surface area contributed by atoms with E-state index >= 15 is 0 Å². The minimum Gasteiger partial charge on any atom is -0.480 e. The molecule has 128 valence electrons. The molecule has 1 atom stereocenters. The van der Waals surface area contributed by atoms with Gasteiger partial charge in [0, 0.05) is 26.6 Å². The number of methoxy groups -OCH3 is 1. The quantitative estimate of drug-likeness (QED) is 0.345. The molecule has 1 fully saturated rings. The Labute approximate surface area is 134 Å². The van der Waals surface area contributed by atoms with Crippen molar-refractivity contribution in [2.24, 2.45) is 0 Å². The Bertz CT molecular complexity index is 507. The third-order valence-corrected chi connectivity index (χ3v) is 4.08. The molecule has 1 aliphatic heterocycles. The molecule has 9 nitrogen and oxygen atoms in total. The van der Waals surface area contributed by atoms with Crippen molar-refractivity contribution in [3.05, 3.63) is 5.53 Å². The molecule has 1 aliphatic rings. The van der Waals surface area contributed by atoms with Gasteiger partial charge in [0.25, 0.3) is 5.91 Å². The van der Waals surface area contributed by atoms with E-state index in [9.17, 15) is 19.5 Å². The summed E-state index contributed by atoms with van der Waals surface area (Å²) in [6.45, 7) is 1.34. The number of carbonyl (C=O) groups excluding carboxylic acids is 2. The van der Waals surface area contributed by atoms with Crippen molar-refractivity contribution in [1.29, 1.82) is 0 Å². The van der Waals surface area contributed by atoms with Gasteiger partial charge in [0.15, 0.2) is 0 Å². The molecule has 2 N–H and O–H groups in total. The molecule has 0 bridgehead atoms. The maximum atomic E-state index is 12.5. The van der Waals surface area contributed by atoms with Crippen LogP contribution in [0.25, 0.3) is 5.53 Å². The number of piperidine rings is 1. The number of rotatable bonds is 8. The van der Waals surface area contributed by atoms with E-state index in [2.05, 4.69) is 15.0 Å². The highest BCUT2D eigenvalue weighted by Crippen LogP contribution is 2.25. The van der Waals surface area contributed by atoms with Crippen molar-refractivity contribution in [2.75, 3.05) is 27.2 Å². The molecule has 0 aromatic rings. The maximum absolute atomic E-state index is 12.5. The first kappa shape index (κ1) is 19.0. The van der Waals surface area contributed by atoms with Gasteiger partial charge in [-0.25, -0.2) is 4.79 Å². The van der Waals surface area contributed by atoms with Gasteiger partial charge in [-0.05, 0) is 26.3 Å². The van der Waals surface area contributed by atoms with Crippen LogP contribution in [0, 0.1) is 0 Å². The molecular formula is C14H22N4O5. The van der Waals surface area contributed by atoms with E-state index in [1.54, 1.807) is 0 Å². The number of hydrogen-bond donors (Lipinski definition) is 2. The van der Waals surface area contributed by atoms with Gasteiger partial charge in [0.05, 0.1) is 0 Å². The number of ether oxygens (including phenoxy) is 1. The summed E-state index contributed by atoms with van der Waals surface area (Å²) in [7, 11) is 3.37. The van der Waals surface area contributed by atoms with Crippen LogP contribution in [-0.2, 0) is 19.1 Å². The van der Waals surface area contributed by atoms with Crippen LogP contribution in [-0.4, -0.2) is 77.6 Å². The van der Waals surface area contributed by atoms with E-state index in [4.69, 9.17) is 10.3 Å². The number of nitrogens with one attached hydrogen (secondary N) is 1. The molecular weight excluding hydrogens is 304 g/mol. The highest BCUT2D eigenvalue weighted by molar-refractivity contribution is 6.25. The number of likely N-dealkylation sites (tertiary alicyclic amines) is 1. The Morgan fingerprint density at radius 1 is 1.43 bits per heavy atom. The van der Waals surface area contributed by atoms with E-state index in [0.717, 1.165) is 0 Å². The predicted octanol–water partition coefficient (Wildman–Crippen LogP) is -0.683. The molecule has 1 heterocycles. The van der Waals surface area contributed by atoms with Gasteiger partial charge < -0.3 is 25.6 Å². The van der Waals surface area contributed by atoms with Gasteiger partial charge in [-0.2, -0.15) is 4.79 Å². The lowest BCUT2D eigenvalue weighted by Gasteiger charge is -2.38. The lowest BCUT2D eigenvalue weighted by molar-refractivity contribution is -0.154. The summed E-state index contributed by atoms with van der Waals surface area (Å²) >= 11 is 0. The Morgan fingerprint density at radius 2 is 2.04 bits per heavy atom. The van der Waals surface area contributed by atoms with E-state index in [1.807, 2.05) is 7.05 Å². The smallest absolute Gasteiger partial charge is 0.326 e. The summed E-state index contributed by atoms with van der Waals surface area (Å²) in [5.41, 5.74) is 7.21. The fourth-order valence-electron chi connectivity index (χ4n) is 2.47. The second-order valence-electron chi connectivity index (χ2n) is 5.62. The van der Waals surface area contributed by atoms with Crippen molar-refractivity contribution in [3.63, 3.8) is 0 Å². The number of Topliss-reactive ketones (excluding diaryl/α,β-unsaturated/α-hetero) is 1. The molecule has 1 saturated heterocycles. The minimum absolute atomic E-state index is 0.0916. The van der Waals surface area contributed by atoms with Crippen molar-refractivity contribution in [3.8, 4) is 0 Å². The van der Waals surface area contributed by atoms with E-state index in [0.29, 0.717) is 32.1 Å². The number of ketones is 1. The fraction of sp³-hybridized carbons (Fsp3) is 0.714. The van der Waals surface area contributed by atoms with Crippen LogP contribution in [0.4, 0.5) is 0 Å². The number of carboxylic acids is 1. The molecule has 0 saturated carbocycles. The Hall–Kier alpha value is -2.09. The SMILES string of the molecule is COC1(C(=O)N[C@@H](CCC(=O)C=[N+]=[N-])C(=O)O)CCN(C)CC1. The van der Waals surface area contributed by atoms with E-state index in [-0.39, 0.29) is 12.8 Å². The molecule has 0 aliphatic carbocycles. The normalized spacial score (nSPS) is 18.5. The topological polar surface area (TPSA) is 132 Å². The number of carboxylic acid groups (broad SMARTS) is 1. The van der Waals surface area contributed by atoms with Crippen LogP contribution < -0.4 is 5.32 Å². The number of hydrogen-bond acceptors (Lipinski definition) is 5. The average molecular weight is 326 g/mol. The van der Waals surface area contributed by atoms with Crippen molar-refractivity contribution < 1.29 is 29.0 Å². The average Bonchev–Trinajstić information content (AvgIpc) is 2.52. The number of aliphatic carboxylic acids is 1. The Balaban J connectivity index is 2.71. The number of carbonyl (C=O) groups is 3. The predicted molar refractivity (Wildman–Crippen MR) is 80.0 cm³/mol. The van der Waals surface area contributed by atoms with Crippen LogP contribution in [0.5, 0.6) is 0 Å². The first-order valence-corrected chi connectivity index (χ1v) is 7.32. The van der Waals surface area contributed by atoms with E-state index in [1.165, 1.54) is 7.11 Å². The minimum atomic E-state index is -1.23. The lowest BCUT2D eigenvalue weighted by atomic mass is 9.89. The van der Waals surface area contributed by atoms with Crippen molar-refractivity contribution in [2.45, 2.75) is 37.3 Å². The van der Waals surface area contributed by atoms with Crippen LogP contribution >= 0.6 is 0 Å². The van der Waals surface area contributed by atoms with E-state index < -0.39 is 29.3 Å². The summed E-state index contributed by atoms with van der Waals surface area (Å²) in [6.07, 6.45) is 1.40. The zero-order valence-electron chi connectivity index (χ0n) is 13.3. The molecule has 0 unspecified atom stereocenters. The Kier molecular flexibility index (Phi) is 7.02. The van der Waals surface area contributed by atoms with Gasteiger partial charge in [-0.3, -0.25) is 9.59 Å². The first-order chi connectivity index (χ1) is 10.8. The highest BCUT2D eigenvalue weighted by atomic mass is 16.5. The zero-order valence-corrected chi connectivity index (χ0v) is 13.3. The monoisotopic (exact) mass is 326 g/mol. The van der Waals surface area contributed by atoms with Gasteiger partial charge in [-0.1, -0.05) is 0 Å². The van der Waals surface area contributed by atoms with Crippen LogP contribution in [0.3, 0.4) is 0 Å². The molecule has 1 rings (SSSR count). The molecule has 23 heavy (non-hydrogen) atoms. The van der Waals surface area contributed by atoms with Gasteiger partial charge in [0.2, 0.25) is 5.78 Å². The molecule has 0 aromatic carbocycles. The first-order valence-electron chi connectivity index (χ1n) is 7.32. The number of amides is 1.